The molecule has 0 saturated heterocycles. The highest BCUT2D eigenvalue weighted by atomic mass is 16.6. The number of ether oxygens (including phenoxy) is 2. The van der Waals surface area contributed by atoms with Crippen molar-refractivity contribution in [2.24, 2.45) is 0 Å². The molecular formula is C13H16O4. The average molecular weight is 236 g/mol. The van der Waals surface area contributed by atoms with Gasteiger partial charge < -0.3 is 9.47 Å². The van der Waals surface area contributed by atoms with E-state index in [1.165, 1.54) is 14.0 Å². The summed E-state index contributed by atoms with van der Waals surface area (Å²) in [6.07, 6.45) is 0.0158. The first-order chi connectivity index (χ1) is 8.13. The highest BCUT2D eigenvalue weighted by molar-refractivity contribution is 5.78. The van der Waals surface area contributed by atoms with Gasteiger partial charge >= 0.3 is 11.9 Å². The first-order valence-electron chi connectivity index (χ1n) is 5.44. The second kappa shape index (κ2) is 6.68. The normalized spacial score (nSPS) is 11.6. The maximum atomic E-state index is 11.4. The van der Waals surface area contributed by atoms with Crippen LogP contribution in [0.3, 0.4) is 0 Å². The summed E-state index contributed by atoms with van der Waals surface area (Å²) >= 11 is 0. The van der Waals surface area contributed by atoms with Crippen molar-refractivity contribution in [3.8, 4) is 0 Å². The average Bonchev–Trinajstić information content (AvgIpc) is 2.36. The Balaban J connectivity index is 2.33. The molecule has 0 unspecified atom stereocenters. The number of methoxy groups -OCH3 is 1. The largest absolute Gasteiger partial charge is 0.466 e. The van der Waals surface area contributed by atoms with E-state index in [2.05, 4.69) is 4.74 Å². The second-order valence-electron chi connectivity index (χ2n) is 3.64. The lowest BCUT2D eigenvalue weighted by molar-refractivity contribution is -0.164. The third-order valence-electron chi connectivity index (χ3n) is 2.30. The zero-order valence-electron chi connectivity index (χ0n) is 10.0. The maximum Gasteiger partial charge on any atom is 0.346 e. The number of hydrogen-bond donors (Lipinski definition) is 0. The van der Waals surface area contributed by atoms with Crippen LogP contribution in [0.1, 0.15) is 18.9 Å². The van der Waals surface area contributed by atoms with E-state index < -0.39 is 18.0 Å². The van der Waals surface area contributed by atoms with Crippen LogP contribution in [0.15, 0.2) is 30.3 Å². The molecule has 0 aromatic heterocycles. The van der Waals surface area contributed by atoms with Crippen LogP contribution in [0, 0.1) is 0 Å². The van der Waals surface area contributed by atoms with Gasteiger partial charge in [0.2, 0.25) is 0 Å². The Morgan fingerprint density at radius 1 is 1.24 bits per heavy atom. The minimum absolute atomic E-state index is 0.255. The number of carbonyl (C=O) groups excluding carboxylic acids is 2. The van der Waals surface area contributed by atoms with Gasteiger partial charge in [0.15, 0.2) is 6.10 Å². The Morgan fingerprint density at radius 3 is 2.47 bits per heavy atom. The van der Waals surface area contributed by atoms with Gasteiger partial charge in [-0.25, -0.2) is 4.79 Å². The van der Waals surface area contributed by atoms with E-state index in [9.17, 15) is 9.59 Å². The summed E-state index contributed by atoms with van der Waals surface area (Å²) in [5.74, 6) is -0.940. The summed E-state index contributed by atoms with van der Waals surface area (Å²) in [5, 5.41) is 0. The molecule has 1 rings (SSSR count). The lowest BCUT2D eigenvalue weighted by atomic mass is 10.1. The van der Waals surface area contributed by atoms with Crippen molar-refractivity contribution in [2.75, 3.05) is 7.11 Å². The minimum atomic E-state index is -0.844. The molecule has 0 heterocycles. The van der Waals surface area contributed by atoms with Gasteiger partial charge in [-0.15, -0.1) is 0 Å². The summed E-state index contributed by atoms with van der Waals surface area (Å²) in [5.41, 5.74) is 1.06. The Bertz CT molecular complexity index is 372. The van der Waals surface area contributed by atoms with Gasteiger partial charge in [0.1, 0.15) is 0 Å². The van der Waals surface area contributed by atoms with Crippen molar-refractivity contribution in [1.29, 1.82) is 0 Å². The topological polar surface area (TPSA) is 52.6 Å². The van der Waals surface area contributed by atoms with Crippen LogP contribution < -0.4 is 0 Å². The number of aryl methyl sites for hydroxylation is 1. The van der Waals surface area contributed by atoms with Crippen molar-refractivity contribution in [2.45, 2.75) is 25.9 Å². The van der Waals surface area contributed by atoms with Gasteiger partial charge in [0.25, 0.3) is 0 Å². The summed E-state index contributed by atoms with van der Waals surface area (Å²) < 4.78 is 9.37. The zero-order valence-corrected chi connectivity index (χ0v) is 10.0. The molecule has 0 N–H and O–H groups in total. The minimum Gasteiger partial charge on any atom is -0.466 e. The van der Waals surface area contributed by atoms with Crippen LogP contribution in [0.2, 0.25) is 0 Å². The molecule has 1 atom stereocenters. The first kappa shape index (κ1) is 13.2. The molecule has 0 spiro atoms. The Morgan fingerprint density at radius 2 is 1.88 bits per heavy atom. The number of carbonyl (C=O) groups is 2. The molecule has 0 bridgehead atoms. The van der Waals surface area contributed by atoms with Crippen LogP contribution in [0.4, 0.5) is 0 Å². The summed E-state index contributed by atoms with van der Waals surface area (Å²) in [4.78, 5) is 22.4. The summed E-state index contributed by atoms with van der Waals surface area (Å²) in [6, 6.07) is 9.63. The fraction of sp³-hybridized carbons (Fsp3) is 0.385. The van der Waals surface area contributed by atoms with Crippen LogP contribution in [-0.2, 0) is 25.5 Å². The van der Waals surface area contributed by atoms with Crippen molar-refractivity contribution in [3.63, 3.8) is 0 Å². The van der Waals surface area contributed by atoms with Crippen LogP contribution in [-0.4, -0.2) is 25.2 Å². The van der Waals surface area contributed by atoms with Gasteiger partial charge in [-0.1, -0.05) is 30.3 Å². The summed E-state index contributed by atoms with van der Waals surface area (Å²) in [6.45, 7) is 1.49. The highest BCUT2D eigenvalue weighted by Crippen LogP contribution is 2.04. The molecular weight excluding hydrogens is 220 g/mol. The molecule has 0 aliphatic rings. The second-order valence-corrected chi connectivity index (χ2v) is 3.64. The predicted octanol–water partition coefficient (Wildman–Crippen LogP) is 1.72. The molecule has 92 valence electrons. The van der Waals surface area contributed by atoms with Gasteiger partial charge in [0, 0.05) is 6.42 Å². The number of hydrogen-bond acceptors (Lipinski definition) is 4. The molecule has 0 saturated carbocycles. The van der Waals surface area contributed by atoms with Crippen molar-refractivity contribution in [3.05, 3.63) is 35.9 Å². The number of benzene rings is 1. The molecule has 0 fully saturated rings. The van der Waals surface area contributed by atoms with Gasteiger partial charge in [-0.2, -0.15) is 0 Å². The Hall–Kier alpha value is -1.84. The first-order valence-corrected chi connectivity index (χ1v) is 5.44. The zero-order chi connectivity index (χ0) is 12.7. The van der Waals surface area contributed by atoms with E-state index in [-0.39, 0.29) is 6.42 Å². The van der Waals surface area contributed by atoms with E-state index in [0.29, 0.717) is 6.42 Å². The Labute approximate surface area is 101 Å². The van der Waals surface area contributed by atoms with Crippen LogP contribution in [0.25, 0.3) is 0 Å². The van der Waals surface area contributed by atoms with E-state index in [4.69, 9.17) is 4.74 Å². The van der Waals surface area contributed by atoms with Gasteiger partial charge in [0.05, 0.1) is 7.11 Å². The van der Waals surface area contributed by atoms with Crippen molar-refractivity contribution < 1.29 is 19.1 Å². The van der Waals surface area contributed by atoms with Crippen LogP contribution >= 0.6 is 0 Å². The molecule has 4 nitrogen and oxygen atoms in total. The van der Waals surface area contributed by atoms with E-state index in [0.717, 1.165) is 5.56 Å². The SMILES string of the molecule is COC(=O)[C@H](C)OC(=O)CCc1ccccc1. The maximum absolute atomic E-state index is 11.4. The van der Waals surface area contributed by atoms with E-state index >= 15 is 0 Å². The van der Waals surface area contributed by atoms with Gasteiger partial charge in [-0.3, -0.25) is 4.79 Å². The third kappa shape index (κ3) is 4.68. The van der Waals surface area contributed by atoms with Crippen molar-refractivity contribution >= 4 is 11.9 Å². The third-order valence-corrected chi connectivity index (χ3v) is 2.30. The molecule has 0 aliphatic heterocycles. The molecule has 0 amide bonds. The lowest BCUT2D eigenvalue weighted by Crippen LogP contribution is -2.25. The number of esters is 2. The smallest absolute Gasteiger partial charge is 0.346 e. The lowest BCUT2D eigenvalue weighted by Gasteiger charge is -2.10. The monoisotopic (exact) mass is 236 g/mol. The van der Waals surface area contributed by atoms with E-state index in [1.807, 2.05) is 30.3 Å². The summed E-state index contributed by atoms with van der Waals surface area (Å²) in [7, 11) is 1.26. The molecule has 1 aromatic carbocycles. The van der Waals surface area contributed by atoms with Crippen molar-refractivity contribution in [1.82, 2.24) is 0 Å². The molecule has 17 heavy (non-hydrogen) atoms. The fourth-order valence-electron chi connectivity index (χ4n) is 1.36. The Kier molecular flexibility index (Phi) is 5.20. The molecule has 4 heteroatoms. The van der Waals surface area contributed by atoms with Gasteiger partial charge in [-0.05, 0) is 18.9 Å². The van der Waals surface area contributed by atoms with Crippen LogP contribution in [0.5, 0.6) is 0 Å². The molecule has 0 radical (unpaired) electrons. The predicted molar refractivity (Wildman–Crippen MR) is 62.3 cm³/mol. The standard InChI is InChI=1S/C13H16O4/c1-10(13(15)16-2)17-12(14)9-8-11-6-4-3-5-7-11/h3-7,10H,8-9H2,1-2H3/t10-/m0/s1. The highest BCUT2D eigenvalue weighted by Gasteiger charge is 2.17. The molecule has 1 aromatic rings. The quantitative estimate of drug-likeness (QED) is 0.730. The van der Waals surface area contributed by atoms with E-state index in [1.54, 1.807) is 0 Å². The number of rotatable bonds is 5. The molecule has 0 aliphatic carbocycles. The fourth-order valence-corrected chi connectivity index (χ4v) is 1.36.